The molecule has 0 aliphatic rings. The maximum absolute atomic E-state index is 11.1. The van der Waals surface area contributed by atoms with Crippen LogP contribution in [0.25, 0.3) is 0 Å². The lowest BCUT2D eigenvalue weighted by molar-refractivity contribution is 0.593. The summed E-state index contributed by atoms with van der Waals surface area (Å²) in [4.78, 5) is 13.0. The van der Waals surface area contributed by atoms with Gasteiger partial charge in [-0.15, -0.1) is 0 Å². The maximum Gasteiger partial charge on any atom is 0.246 e. The zero-order chi connectivity index (χ0) is 11.5. The fourth-order valence-electron chi connectivity index (χ4n) is 0.923. The van der Waals surface area contributed by atoms with Crippen LogP contribution in [0.1, 0.15) is 0 Å². The molecule has 1 aromatic heterocycles. The molecule has 0 radical (unpaired) electrons. The van der Waals surface area contributed by atoms with Crippen LogP contribution in [0.2, 0.25) is 0 Å². The standard InChI is InChI=1S/C8H12N4O2S/c1-9-6-12(2)7-4-10-8(11-5-7)15(3,13)14/h4-6H,1-3H3. The highest BCUT2D eigenvalue weighted by molar-refractivity contribution is 7.90. The molecule has 7 heteroatoms. The fourth-order valence-corrected chi connectivity index (χ4v) is 1.41. The first kappa shape index (κ1) is 11.6. The Morgan fingerprint density at radius 2 is 1.93 bits per heavy atom. The number of sulfone groups is 1. The maximum atomic E-state index is 11.1. The molecule has 6 nitrogen and oxygen atoms in total. The van der Waals surface area contributed by atoms with Crippen LogP contribution in [-0.4, -0.2) is 45.1 Å². The molecule has 82 valence electrons. The van der Waals surface area contributed by atoms with Gasteiger partial charge in [-0.3, -0.25) is 4.99 Å². The smallest absolute Gasteiger partial charge is 0.246 e. The Labute approximate surface area is 88.6 Å². The number of aromatic nitrogens is 2. The predicted molar refractivity (Wildman–Crippen MR) is 58.0 cm³/mol. The van der Waals surface area contributed by atoms with E-state index in [9.17, 15) is 8.42 Å². The third kappa shape index (κ3) is 2.98. The van der Waals surface area contributed by atoms with Crippen LogP contribution in [0.3, 0.4) is 0 Å². The third-order valence-corrected chi connectivity index (χ3v) is 2.52. The van der Waals surface area contributed by atoms with Gasteiger partial charge < -0.3 is 4.90 Å². The first-order chi connectivity index (χ1) is 6.95. The van der Waals surface area contributed by atoms with Crippen molar-refractivity contribution in [1.82, 2.24) is 9.97 Å². The van der Waals surface area contributed by atoms with Crippen LogP contribution in [-0.2, 0) is 9.84 Å². The van der Waals surface area contributed by atoms with Crippen molar-refractivity contribution in [2.45, 2.75) is 5.16 Å². The van der Waals surface area contributed by atoms with Crippen molar-refractivity contribution < 1.29 is 8.42 Å². The van der Waals surface area contributed by atoms with Crippen LogP contribution < -0.4 is 4.90 Å². The molecule has 0 spiro atoms. The number of hydrogen-bond donors (Lipinski definition) is 0. The Bertz CT molecular complexity index is 452. The van der Waals surface area contributed by atoms with Crippen molar-refractivity contribution in [3.05, 3.63) is 12.4 Å². The highest BCUT2D eigenvalue weighted by Crippen LogP contribution is 2.09. The number of nitrogens with zero attached hydrogens (tertiary/aromatic N) is 4. The van der Waals surface area contributed by atoms with E-state index in [0.29, 0.717) is 5.69 Å². The average Bonchev–Trinajstić information content (AvgIpc) is 2.17. The SMILES string of the molecule is CN=CN(C)c1cnc(S(C)(=O)=O)nc1. The molecular formula is C8H12N4O2S. The van der Waals surface area contributed by atoms with Crippen LogP contribution in [0.4, 0.5) is 5.69 Å². The van der Waals surface area contributed by atoms with Gasteiger partial charge in [0.05, 0.1) is 24.4 Å². The first-order valence-electron chi connectivity index (χ1n) is 4.12. The van der Waals surface area contributed by atoms with Gasteiger partial charge in [-0.05, 0) is 0 Å². The first-order valence-corrected chi connectivity index (χ1v) is 6.01. The van der Waals surface area contributed by atoms with E-state index in [2.05, 4.69) is 15.0 Å². The summed E-state index contributed by atoms with van der Waals surface area (Å²) in [5, 5.41) is -0.173. The average molecular weight is 228 g/mol. The van der Waals surface area contributed by atoms with E-state index >= 15 is 0 Å². The van der Waals surface area contributed by atoms with Gasteiger partial charge in [0.2, 0.25) is 15.0 Å². The van der Waals surface area contributed by atoms with E-state index in [1.807, 2.05) is 0 Å². The van der Waals surface area contributed by atoms with E-state index in [0.717, 1.165) is 6.26 Å². The minimum Gasteiger partial charge on any atom is -0.333 e. The van der Waals surface area contributed by atoms with Crippen LogP contribution in [0, 0.1) is 0 Å². The van der Waals surface area contributed by atoms with E-state index in [-0.39, 0.29) is 5.16 Å². The lowest BCUT2D eigenvalue weighted by Gasteiger charge is -2.11. The molecular weight excluding hydrogens is 216 g/mol. The van der Waals surface area contributed by atoms with Crippen molar-refractivity contribution in [3.8, 4) is 0 Å². The van der Waals surface area contributed by atoms with Gasteiger partial charge in [0, 0.05) is 20.4 Å². The molecule has 0 aliphatic heterocycles. The summed E-state index contributed by atoms with van der Waals surface area (Å²) in [5.41, 5.74) is 0.674. The molecule has 1 heterocycles. The summed E-state index contributed by atoms with van der Waals surface area (Å²) in [7, 11) is 0.0788. The second kappa shape index (κ2) is 4.35. The Kier molecular flexibility index (Phi) is 3.35. The van der Waals surface area contributed by atoms with Crippen molar-refractivity contribution in [2.75, 3.05) is 25.3 Å². The van der Waals surface area contributed by atoms with Gasteiger partial charge >= 0.3 is 0 Å². The van der Waals surface area contributed by atoms with Gasteiger partial charge in [0.25, 0.3) is 0 Å². The highest BCUT2D eigenvalue weighted by atomic mass is 32.2. The van der Waals surface area contributed by atoms with Gasteiger partial charge in [0.1, 0.15) is 0 Å². The summed E-state index contributed by atoms with van der Waals surface area (Å²) >= 11 is 0. The molecule has 0 aromatic carbocycles. The van der Waals surface area contributed by atoms with Crippen LogP contribution >= 0.6 is 0 Å². The molecule has 15 heavy (non-hydrogen) atoms. The molecule has 0 N–H and O–H groups in total. The monoisotopic (exact) mass is 228 g/mol. The second-order valence-corrected chi connectivity index (χ2v) is 4.89. The Morgan fingerprint density at radius 3 is 2.33 bits per heavy atom. The third-order valence-electron chi connectivity index (χ3n) is 1.64. The van der Waals surface area contributed by atoms with Crippen LogP contribution in [0.5, 0.6) is 0 Å². The van der Waals surface area contributed by atoms with Crippen molar-refractivity contribution in [1.29, 1.82) is 0 Å². The molecule has 0 fully saturated rings. The van der Waals surface area contributed by atoms with Gasteiger partial charge in [-0.25, -0.2) is 18.4 Å². The Balaban J connectivity index is 3.00. The highest BCUT2D eigenvalue weighted by Gasteiger charge is 2.10. The Morgan fingerprint density at radius 1 is 1.40 bits per heavy atom. The van der Waals surface area contributed by atoms with Crippen molar-refractivity contribution in [3.63, 3.8) is 0 Å². The molecule has 0 saturated carbocycles. The molecule has 0 atom stereocenters. The largest absolute Gasteiger partial charge is 0.333 e. The predicted octanol–water partition coefficient (Wildman–Crippen LogP) is -0.0256. The van der Waals surface area contributed by atoms with Gasteiger partial charge in [-0.2, -0.15) is 0 Å². The summed E-state index contributed by atoms with van der Waals surface area (Å²) < 4.78 is 22.1. The summed E-state index contributed by atoms with van der Waals surface area (Å²) in [5.74, 6) is 0. The van der Waals surface area contributed by atoms with Crippen molar-refractivity contribution >= 4 is 21.9 Å². The lowest BCUT2D eigenvalue weighted by Crippen LogP contribution is -2.15. The molecule has 0 amide bonds. The number of anilines is 1. The van der Waals surface area contributed by atoms with E-state index in [4.69, 9.17) is 0 Å². The molecule has 0 bridgehead atoms. The quantitative estimate of drug-likeness (QED) is 0.412. The second-order valence-electron chi connectivity index (χ2n) is 2.98. The molecule has 1 aromatic rings. The topological polar surface area (TPSA) is 75.5 Å². The molecule has 0 saturated heterocycles. The van der Waals surface area contributed by atoms with Crippen molar-refractivity contribution in [2.24, 2.45) is 4.99 Å². The summed E-state index contributed by atoms with van der Waals surface area (Å²) in [6, 6.07) is 0. The van der Waals surface area contributed by atoms with Gasteiger partial charge in [-0.1, -0.05) is 0 Å². The van der Waals surface area contributed by atoms with Gasteiger partial charge in [0.15, 0.2) is 0 Å². The normalized spacial score (nSPS) is 11.9. The zero-order valence-electron chi connectivity index (χ0n) is 8.75. The minimum atomic E-state index is -3.33. The molecule has 1 rings (SSSR count). The van der Waals surface area contributed by atoms with E-state index in [1.54, 1.807) is 25.3 Å². The fraction of sp³-hybridized carbons (Fsp3) is 0.375. The van der Waals surface area contributed by atoms with Crippen LogP contribution in [0.15, 0.2) is 22.5 Å². The Hall–Kier alpha value is -1.50. The zero-order valence-corrected chi connectivity index (χ0v) is 9.56. The van der Waals surface area contributed by atoms with E-state index < -0.39 is 9.84 Å². The van der Waals surface area contributed by atoms with E-state index in [1.165, 1.54) is 12.4 Å². The number of hydrogen-bond acceptors (Lipinski definition) is 5. The number of aliphatic imine (C=N–C) groups is 1. The molecule has 0 aliphatic carbocycles. The minimum absolute atomic E-state index is 0.173. The summed E-state index contributed by atoms with van der Waals surface area (Å²) in [6.45, 7) is 0. The lowest BCUT2D eigenvalue weighted by atomic mass is 10.5. The number of rotatable bonds is 3. The molecule has 0 unspecified atom stereocenters. The summed E-state index contributed by atoms with van der Waals surface area (Å²) in [6.07, 6.45) is 5.52.